The van der Waals surface area contributed by atoms with Crippen molar-refractivity contribution in [3.63, 3.8) is 0 Å². The minimum absolute atomic E-state index is 0.0107. The van der Waals surface area contributed by atoms with E-state index in [1.807, 2.05) is 56.0 Å². The van der Waals surface area contributed by atoms with E-state index < -0.39 is 5.41 Å². The molecule has 2 aromatic rings. The second-order valence-electron chi connectivity index (χ2n) is 8.54. The molecule has 5 heteroatoms. The molecule has 0 bridgehead atoms. The Morgan fingerprint density at radius 2 is 1.77 bits per heavy atom. The lowest BCUT2D eigenvalue weighted by Crippen LogP contribution is -2.47. The van der Waals surface area contributed by atoms with Gasteiger partial charge in [-0.05, 0) is 50.3 Å². The molecular weight excluding hydrogens is 379 g/mol. The van der Waals surface area contributed by atoms with E-state index in [-0.39, 0.29) is 23.7 Å². The van der Waals surface area contributed by atoms with Crippen LogP contribution in [-0.4, -0.2) is 35.8 Å². The van der Waals surface area contributed by atoms with Gasteiger partial charge >= 0.3 is 0 Å². The van der Waals surface area contributed by atoms with Crippen molar-refractivity contribution in [2.75, 3.05) is 13.1 Å². The Bertz CT molecular complexity index is 912. The lowest BCUT2D eigenvalue weighted by atomic mass is 9.78. The molecule has 1 saturated heterocycles. The summed E-state index contributed by atoms with van der Waals surface area (Å²) in [5, 5.41) is 3.06. The van der Waals surface area contributed by atoms with Crippen LogP contribution < -0.4 is 5.32 Å². The summed E-state index contributed by atoms with van der Waals surface area (Å²) in [7, 11) is 0. The number of hydrogen-bond acceptors (Lipinski definition) is 2. The predicted octanol–water partition coefficient (Wildman–Crippen LogP) is 4.58. The van der Waals surface area contributed by atoms with Gasteiger partial charge in [-0.15, -0.1) is 0 Å². The molecule has 0 unspecified atom stereocenters. The first-order valence-corrected chi connectivity index (χ1v) is 10.8. The highest BCUT2D eigenvalue weighted by Gasteiger charge is 2.46. The lowest BCUT2D eigenvalue weighted by Gasteiger charge is -2.30. The fourth-order valence-corrected chi connectivity index (χ4v) is 4.26. The summed E-state index contributed by atoms with van der Waals surface area (Å²) in [5.74, 6) is -0.219. The minimum Gasteiger partial charge on any atom is -0.353 e. The van der Waals surface area contributed by atoms with Crippen LogP contribution in [0.3, 0.4) is 0 Å². The van der Waals surface area contributed by atoms with Gasteiger partial charge in [0.05, 0.1) is 5.41 Å². The maximum Gasteiger partial charge on any atom is 0.228 e. The highest BCUT2D eigenvalue weighted by atomic mass is 19.1. The van der Waals surface area contributed by atoms with Crippen molar-refractivity contribution < 1.29 is 14.0 Å². The van der Waals surface area contributed by atoms with Crippen molar-refractivity contribution >= 4 is 11.8 Å². The highest BCUT2D eigenvalue weighted by Crippen LogP contribution is 2.38. The average molecular weight is 411 g/mol. The number of hydrogen-bond donors (Lipinski definition) is 1. The van der Waals surface area contributed by atoms with Gasteiger partial charge in [0.2, 0.25) is 11.8 Å². The van der Waals surface area contributed by atoms with Crippen LogP contribution in [0.5, 0.6) is 0 Å². The molecule has 0 radical (unpaired) electrons. The summed E-state index contributed by atoms with van der Waals surface area (Å²) >= 11 is 0. The Balaban J connectivity index is 1.97. The van der Waals surface area contributed by atoms with Crippen molar-refractivity contribution in [3.8, 4) is 11.1 Å². The Labute approximate surface area is 178 Å². The third kappa shape index (κ3) is 4.72. The zero-order valence-electron chi connectivity index (χ0n) is 18.1. The van der Waals surface area contributed by atoms with Gasteiger partial charge in [0.1, 0.15) is 5.82 Å². The van der Waals surface area contributed by atoms with E-state index in [1.165, 1.54) is 6.07 Å². The number of carbonyl (C=O) groups excluding carboxylic acids is 2. The minimum atomic E-state index is -0.713. The second kappa shape index (κ2) is 9.41. The van der Waals surface area contributed by atoms with Gasteiger partial charge in [0.25, 0.3) is 0 Å². The summed E-state index contributed by atoms with van der Waals surface area (Å²) in [4.78, 5) is 27.6. The van der Waals surface area contributed by atoms with Gasteiger partial charge < -0.3 is 10.2 Å². The molecular formula is C25H31FN2O2. The van der Waals surface area contributed by atoms with Crippen LogP contribution in [0.25, 0.3) is 11.1 Å². The quantitative estimate of drug-likeness (QED) is 0.726. The van der Waals surface area contributed by atoms with Crippen molar-refractivity contribution in [2.24, 2.45) is 5.41 Å². The molecule has 0 aliphatic carbocycles. The molecule has 160 valence electrons. The average Bonchev–Trinajstić information content (AvgIpc) is 3.14. The van der Waals surface area contributed by atoms with Crippen LogP contribution >= 0.6 is 0 Å². The number of likely N-dealkylation sites (tertiary alicyclic amines) is 1. The van der Waals surface area contributed by atoms with Crippen molar-refractivity contribution in [2.45, 2.75) is 52.5 Å². The summed E-state index contributed by atoms with van der Waals surface area (Å²) in [6.45, 7) is 6.83. The SMILES string of the molecule is CCCC(=O)N1CC[C@](Cc2ccccc2-c2ccccc2F)(C(=O)NC(C)C)C1. The molecule has 2 amide bonds. The normalized spacial score (nSPS) is 18.6. The summed E-state index contributed by atoms with van der Waals surface area (Å²) in [6, 6.07) is 14.4. The molecule has 4 nitrogen and oxygen atoms in total. The van der Waals surface area contributed by atoms with E-state index in [9.17, 15) is 14.0 Å². The van der Waals surface area contributed by atoms with Crippen LogP contribution in [0.4, 0.5) is 4.39 Å². The predicted molar refractivity (Wildman–Crippen MR) is 117 cm³/mol. The fraction of sp³-hybridized carbons (Fsp3) is 0.440. The number of nitrogens with one attached hydrogen (secondary N) is 1. The summed E-state index contributed by atoms with van der Waals surface area (Å²) < 4.78 is 14.5. The zero-order valence-corrected chi connectivity index (χ0v) is 18.1. The monoisotopic (exact) mass is 410 g/mol. The number of rotatable bonds is 7. The molecule has 0 spiro atoms. The van der Waals surface area contributed by atoms with E-state index in [4.69, 9.17) is 0 Å². The van der Waals surface area contributed by atoms with Gasteiger partial charge in [-0.2, -0.15) is 0 Å². The molecule has 2 aromatic carbocycles. The first kappa shape index (κ1) is 22.0. The van der Waals surface area contributed by atoms with Crippen molar-refractivity contribution in [3.05, 3.63) is 59.9 Å². The molecule has 1 N–H and O–H groups in total. The Morgan fingerprint density at radius 1 is 1.10 bits per heavy atom. The first-order chi connectivity index (χ1) is 14.4. The number of amides is 2. The third-order valence-electron chi connectivity index (χ3n) is 5.78. The van der Waals surface area contributed by atoms with Crippen LogP contribution in [0.2, 0.25) is 0 Å². The highest BCUT2D eigenvalue weighted by molar-refractivity contribution is 5.86. The Hall–Kier alpha value is -2.69. The number of halogens is 1. The number of carbonyl (C=O) groups is 2. The summed E-state index contributed by atoms with van der Waals surface area (Å²) in [5.41, 5.74) is 1.54. The molecule has 1 fully saturated rings. The molecule has 3 rings (SSSR count). The van der Waals surface area contributed by atoms with E-state index >= 15 is 0 Å². The van der Waals surface area contributed by atoms with E-state index in [0.717, 1.165) is 17.5 Å². The van der Waals surface area contributed by atoms with Crippen LogP contribution in [-0.2, 0) is 16.0 Å². The van der Waals surface area contributed by atoms with Crippen LogP contribution in [0.15, 0.2) is 48.5 Å². The molecule has 1 aliphatic heterocycles. The van der Waals surface area contributed by atoms with Crippen molar-refractivity contribution in [1.82, 2.24) is 10.2 Å². The number of nitrogens with zero attached hydrogens (tertiary/aromatic N) is 1. The fourth-order valence-electron chi connectivity index (χ4n) is 4.26. The smallest absolute Gasteiger partial charge is 0.228 e. The molecule has 1 heterocycles. The second-order valence-corrected chi connectivity index (χ2v) is 8.54. The maximum absolute atomic E-state index is 14.5. The van der Waals surface area contributed by atoms with E-state index in [0.29, 0.717) is 37.9 Å². The van der Waals surface area contributed by atoms with Gasteiger partial charge in [0, 0.05) is 31.1 Å². The van der Waals surface area contributed by atoms with Crippen molar-refractivity contribution in [1.29, 1.82) is 0 Å². The molecule has 1 atom stereocenters. The van der Waals surface area contributed by atoms with Gasteiger partial charge in [-0.25, -0.2) is 4.39 Å². The van der Waals surface area contributed by atoms with Gasteiger partial charge in [-0.1, -0.05) is 49.4 Å². The lowest BCUT2D eigenvalue weighted by molar-refractivity contribution is -0.133. The number of benzene rings is 2. The van der Waals surface area contributed by atoms with Gasteiger partial charge in [-0.3, -0.25) is 9.59 Å². The van der Waals surface area contributed by atoms with Gasteiger partial charge in [0.15, 0.2) is 0 Å². The topological polar surface area (TPSA) is 49.4 Å². The first-order valence-electron chi connectivity index (χ1n) is 10.8. The van der Waals surface area contributed by atoms with E-state index in [1.54, 1.807) is 12.1 Å². The Morgan fingerprint density at radius 3 is 2.43 bits per heavy atom. The summed E-state index contributed by atoms with van der Waals surface area (Å²) in [6.07, 6.45) is 2.35. The third-order valence-corrected chi connectivity index (χ3v) is 5.78. The maximum atomic E-state index is 14.5. The van der Waals surface area contributed by atoms with E-state index in [2.05, 4.69) is 5.32 Å². The standard InChI is InChI=1S/C25H31FN2O2/c1-4-9-23(29)28-15-14-25(17-28,24(30)27-18(2)3)16-19-10-5-6-11-20(19)21-12-7-8-13-22(21)26/h5-8,10-13,18H,4,9,14-17H2,1-3H3,(H,27,30)/t25-/m1/s1. The molecule has 0 saturated carbocycles. The molecule has 1 aliphatic rings. The largest absolute Gasteiger partial charge is 0.353 e. The molecule has 0 aromatic heterocycles. The molecule has 30 heavy (non-hydrogen) atoms. The van der Waals surface area contributed by atoms with Crippen LogP contribution in [0.1, 0.15) is 45.6 Å². The zero-order chi connectivity index (χ0) is 21.7. The Kier molecular flexibility index (Phi) is 6.91. The van der Waals surface area contributed by atoms with Crippen LogP contribution in [0, 0.1) is 11.2 Å².